The van der Waals surface area contributed by atoms with Crippen molar-refractivity contribution >= 4 is 44.1 Å². The fourth-order valence-electron chi connectivity index (χ4n) is 5.46. The van der Waals surface area contributed by atoms with Crippen molar-refractivity contribution in [2.24, 2.45) is 0 Å². The fraction of sp³-hybridized carbons (Fsp3) is 0.111. The van der Waals surface area contributed by atoms with Gasteiger partial charge in [-0.2, -0.15) is 0 Å². The molecule has 0 radical (unpaired) electrons. The largest absolute Gasteiger partial charge is 2.00 e. The van der Waals surface area contributed by atoms with Crippen LogP contribution in [0, 0.1) is 0 Å². The minimum atomic E-state index is -0.593. The first-order valence-electron chi connectivity index (χ1n) is 14.9. The second-order valence-corrected chi connectivity index (χ2v) is 11.1. The van der Waals surface area contributed by atoms with Crippen LogP contribution in [0.3, 0.4) is 0 Å². The number of hydrogen-bond donors (Lipinski definition) is 2. The summed E-state index contributed by atoms with van der Waals surface area (Å²) in [6, 6.07) is 31.8. The molecule has 2 N–H and O–H groups in total. The van der Waals surface area contributed by atoms with Crippen LogP contribution in [0.2, 0.25) is 0 Å². The summed E-state index contributed by atoms with van der Waals surface area (Å²) in [7, 11) is 0. The van der Waals surface area contributed by atoms with E-state index in [2.05, 4.69) is 0 Å². The maximum Gasteiger partial charge on any atom is 2.00 e. The third-order valence-electron chi connectivity index (χ3n) is 8.03. The molecule has 0 saturated heterocycles. The molecule has 7 aromatic rings. The van der Waals surface area contributed by atoms with E-state index in [1.807, 2.05) is 97.1 Å². The summed E-state index contributed by atoms with van der Waals surface area (Å²) in [6.45, 7) is 3.09. The molecule has 2 aliphatic rings. The van der Waals surface area contributed by atoms with Crippen molar-refractivity contribution in [1.82, 2.24) is 39.9 Å². The number of rotatable bonds is 1. The molecule has 8 bridgehead atoms. The number of aliphatic hydroxyl groups is 2. The molecule has 3 aromatic heterocycles. The van der Waals surface area contributed by atoms with Gasteiger partial charge in [0.15, 0.2) is 0 Å². The molecule has 0 spiro atoms. The van der Waals surface area contributed by atoms with Gasteiger partial charge in [0.2, 0.25) is 0 Å². The summed E-state index contributed by atoms with van der Waals surface area (Å²) < 4.78 is 0. The molecule has 0 saturated carbocycles. The van der Waals surface area contributed by atoms with E-state index in [1.165, 1.54) is 0 Å². The monoisotopic (exact) mass is 650 g/mol. The maximum absolute atomic E-state index is 8.38. The maximum atomic E-state index is 8.38. The van der Waals surface area contributed by atoms with Gasteiger partial charge in [0.25, 0.3) is 0 Å². The van der Waals surface area contributed by atoms with Gasteiger partial charge in [-0.1, -0.05) is 97.1 Å². The van der Waals surface area contributed by atoms with E-state index < -0.39 is 12.2 Å². The van der Waals surface area contributed by atoms with Crippen molar-refractivity contribution in [3.63, 3.8) is 0 Å². The number of nitrogens with zero attached hydrogens (tertiary/aromatic N) is 8. The molecule has 10 nitrogen and oxygen atoms in total. The van der Waals surface area contributed by atoms with Gasteiger partial charge in [0.05, 0.1) is 35.5 Å². The Labute approximate surface area is 283 Å². The zero-order valence-corrected chi connectivity index (χ0v) is 26.9. The predicted octanol–water partition coefficient (Wildman–Crippen LogP) is 5.87. The number of benzene rings is 4. The molecule has 0 aliphatic carbocycles. The van der Waals surface area contributed by atoms with Crippen molar-refractivity contribution in [2.45, 2.75) is 26.1 Å². The molecule has 0 fully saturated rings. The Hall–Kier alpha value is -5.13. The Balaban J connectivity index is 0.000000462. The van der Waals surface area contributed by atoms with Crippen molar-refractivity contribution in [3.8, 4) is 45.6 Å². The first kappa shape index (κ1) is 30.5. The number of fused-ring (bicyclic) bond motifs is 20. The molecule has 11 heteroatoms. The van der Waals surface area contributed by atoms with E-state index >= 15 is 0 Å². The molecule has 5 heterocycles. The zero-order valence-electron chi connectivity index (χ0n) is 25.4. The van der Waals surface area contributed by atoms with E-state index in [4.69, 9.17) is 50.1 Å². The molecule has 9 rings (SSSR count). The van der Waals surface area contributed by atoms with Crippen LogP contribution in [0.5, 0.6) is 0 Å². The zero-order chi connectivity index (χ0) is 31.4. The van der Waals surface area contributed by atoms with Gasteiger partial charge in [-0.3, -0.25) is 0 Å². The molecule has 2 atom stereocenters. The summed E-state index contributed by atoms with van der Waals surface area (Å²) in [5, 5.41) is 20.3. The Kier molecular flexibility index (Phi) is 7.95. The van der Waals surface area contributed by atoms with Gasteiger partial charge in [0, 0.05) is 44.8 Å². The second-order valence-electron chi connectivity index (χ2n) is 11.1. The van der Waals surface area contributed by atoms with Crippen molar-refractivity contribution < 1.29 is 31.9 Å². The van der Waals surface area contributed by atoms with Crippen molar-refractivity contribution in [2.75, 3.05) is 0 Å². The fourth-order valence-corrected chi connectivity index (χ4v) is 5.46. The smallest absolute Gasteiger partial charge is 0.391 e. The molecule has 226 valence electrons. The van der Waals surface area contributed by atoms with Crippen LogP contribution in [-0.4, -0.2) is 52.3 Å². The first-order chi connectivity index (χ1) is 22.4. The Morgan fingerprint density at radius 1 is 0.404 bits per heavy atom. The minimum Gasteiger partial charge on any atom is -0.391 e. The molecular weight excluding hydrogens is 624 g/mol. The van der Waals surface area contributed by atoms with Gasteiger partial charge in [0.1, 0.15) is 0 Å². The van der Waals surface area contributed by atoms with Crippen LogP contribution in [0.15, 0.2) is 97.1 Å². The van der Waals surface area contributed by atoms with E-state index in [-0.39, 0.29) is 21.7 Å². The summed E-state index contributed by atoms with van der Waals surface area (Å²) in [5.41, 5.74) is 5.78. The molecule has 0 amide bonds. The van der Waals surface area contributed by atoms with Gasteiger partial charge >= 0.3 is 21.7 Å². The normalized spacial score (nSPS) is 12.8. The number of aliphatic hydroxyl groups excluding tert-OH is 2. The average Bonchev–Trinajstić information content (AvgIpc) is 3.81. The quantitative estimate of drug-likeness (QED) is 0.207. The third-order valence-corrected chi connectivity index (χ3v) is 8.03. The minimum absolute atomic E-state index is 0. The van der Waals surface area contributed by atoms with Crippen LogP contribution in [0.1, 0.15) is 13.8 Å². The second kappa shape index (κ2) is 12.2. The van der Waals surface area contributed by atoms with Crippen LogP contribution in [0.4, 0.5) is 0 Å². The first-order valence-corrected chi connectivity index (χ1v) is 14.9. The average molecular weight is 651 g/mol. The molecule has 4 aromatic carbocycles. The summed E-state index contributed by atoms with van der Waals surface area (Å²) in [6.07, 6.45) is -1.19. The van der Waals surface area contributed by atoms with Crippen LogP contribution >= 0.6 is 0 Å². The Morgan fingerprint density at radius 2 is 0.638 bits per heavy atom. The van der Waals surface area contributed by atoms with Crippen molar-refractivity contribution in [3.05, 3.63) is 97.1 Å². The number of hydrogen-bond acceptors (Lipinski definition) is 8. The summed E-state index contributed by atoms with van der Waals surface area (Å²) in [4.78, 5) is 39.3. The van der Waals surface area contributed by atoms with Crippen LogP contribution in [0.25, 0.3) is 89.7 Å². The molecule has 47 heavy (non-hydrogen) atoms. The summed E-state index contributed by atoms with van der Waals surface area (Å²) >= 11 is 0. The van der Waals surface area contributed by atoms with E-state index in [1.54, 1.807) is 13.8 Å². The van der Waals surface area contributed by atoms with E-state index in [0.29, 0.717) is 45.9 Å². The molecule has 2 unspecified atom stereocenters. The van der Waals surface area contributed by atoms with Gasteiger partial charge in [-0.25, -0.2) is 9.97 Å². The van der Waals surface area contributed by atoms with Crippen molar-refractivity contribution in [1.29, 1.82) is 0 Å². The SMILES string of the molecule is CC(O)C(C)O.[Ti+2].c1ccc2c(c1)-c1nc-2nc2[n-]c(nc3nc(nc4[n-]c(n1)c1ccccc41)-c1ccccc1-3)c1ccccc21. The van der Waals surface area contributed by atoms with Gasteiger partial charge in [-0.05, 0) is 35.4 Å². The third kappa shape index (κ3) is 5.41. The van der Waals surface area contributed by atoms with Crippen LogP contribution in [-0.2, 0) is 21.7 Å². The van der Waals surface area contributed by atoms with E-state index in [0.717, 1.165) is 43.8 Å². The van der Waals surface area contributed by atoms with Crippen LogP contribution < -0.4 is 9.97 Å². The summed E-state index contributed by atoms with van der Waals surface area (Å²) in [5.74, 6) is 2.21. The van der Waals surface area contributed by atoms with E-state index in [9.17, 15) is 0 Å². The standard InChI is InChI=1S/C32H16N8.C4H10O2.Ti/c1-2-10-18-17(9-1)25-33-26(18)38-28-21-13-5-6-14-22(21)30(35-28)40-32-24-16-8-7-15-23(24)31(36-32)39-29-20-12-4-3-11-19(20)27(34-29)37-25;1-3(5)4(2)6;/h1-16H;3-6H,1-2H3;/q-2;;+2. The topological polar surface area (TPSA) is 146 Å². The van der Waals surface area contributed by atoms with Gasteiger partial charge in [-0.15, -0.1) is 0 Å². The Morgan fingerprint density at radius 3 is 0.872 bits per heavy atom. The predicted molar refractivity (Wildman–Crippen MR) is 177 cm³/mol. The molecular formula is C36H26N8O2Ti. The molecule has 2 aliphatic heterocycles. The Bertz CT molecular complexity index is 2140. The number of aromatic nitrogens is 8. The van der Waals surface area contributed by atoms with Gasteiger partial charge < -0.3 is 40.1 Å².